The third-order valence-corrected chi connectivity index (χ3v) is 5.37. The Kier molecular flexibility index (Phi) is 4.68. The molecule has 2 aromatic rings. The van der Waals surface area contributed by atoms with Crippen LogP contribution in [0, 0.1) is 0 Å². The second-order valence-electron chi connectivity index (χ2n) is 6.36. The second kappa shape index (κ2) is 6.60. The molecule has 0 spiro atoms. The number of likely N-dealkylation sites (tertiary alicyclic amines) is 1. The lowest BCUT2D eigenvalue weighted by Crippen LogP contribution is -2.36. The summed E-state index contributed by atoms with van der Waals surface area (Å²) in [6.07, 6.45) is 3.59. The summed E-state index contributed by atoms with van der Waals surface area (Å²) >= 11 is 0. The summed E-state index contributed by atoms with van der Waals surface area (Å²) in [6.45, 7) is 2.53. The first-order valence-corrected chi connectivity index (χ1v) is 9.25. The van der Waals surface area contributed by atoms with Gasteiger partial charge in [0.05, 0.1) is 17.1 Å². The van der Waals surface area contributed by atoms with E-state index < -0.39 is 10.0 Å². The van der Waals surface area contributed by atoms with E-state index in [2.05, 4.69) is 34.2 Å². The number of nitrogens with two attached hydrogens (primary N) is 1. The van der Waals surface area contributed by atoms with Crippen LogP contribution < -0.4 is 5.14 Å². The van der Waals surface area contributed by atoms with Crippen molar-refractivity contribution in [3.63, 3.8) is 0 Å². The van der Waals surface area contributed by atoms with E-state index in [-0.39, 0.29) is 10.9 Å². The zero-order chi connectivity index (χ0) is 17.3. The largest absolute Gasteiger partial charge is 0.303 e. The van der Waals surface area contributed by atoms with Gasteiger partial charge in [-0.2, -0.15) is 0 Å². The molecule has 1 aromatic carbocycles. The molecule has 9 heteroatoms. The van der Waals surface area contributed by atoms with E-state index >= 15 is 0 Å². The first-order valence-electron chi connectivity index (χ1n) is 7.71. The van der Waals surface area contributed by atoms with Crippen LogP contribution in [0.4, 0.5) is 0 Å². The Morgan fingerprint density at radius 3 is 2.50 bits per heavy atom. The van der Waals surface area contributed by atoms with Gasteiger partial charge in [0.25, 0.3) is 0 Å². The average molecular weight is 350 g/mol. The average Bonchev–Trinajstić information content (AvgIpc) is 3.15. The SMILES string of the molecule is CN(C)[C@@H]1CN(Cc2ccc(S(N)(=O)=O)cc2)C[C@@H]1n1ccnn1. The lowest BCUT2D eigenvalue weighted by atomic mass is 10.1. The van der Waals surface area contributed by atoms with Crippen LogP contribution >= 0.6 is 0 Å². The van der Waals surface area contributed by atoms with Crippen LogP contribution in [0.15, 0.2) is 41.6 Å². The van der Waals surface area contributed by atoms with E-state index in [1.165, 1.54) is 0 Å². The molecule has 1 aromatic heterocycles. The van der Waals surface area contributed by atoms with Gasteiger partial charge >= 0.3 is 0 Å². The van der Waals surface area contributed by atoms with Crippen LogP contribution in [0.1, 0.15) is 11.6 Å². The predicted molar refractivity (Wildman–Crippen MR) is 89.6 cm³/mol. The minimum atomic E-state index is -3.64. The smallest absolute Gasteiger partial charge is 0.238 e. The number of nitrogens with zero attached hydrogens (tertiary/aromatic N) is 5. The number of sulfonamides is 1. The maximum absolute atomic E-state index is 11.3. The van der Waals surface area contributed by atoms with Crippen molar-refractivity contribution in [3.8, 4) is 0 Å². The van der Waals surface area contributed by atoms with Crippen molar-refractivity contribution in [2.75, 3.05) is 27.2 Å². The highest BCUT2D eigenvalue weighted by atomic mass is 32.2. The number of hydrogen-bond acceptors (Lipinski definition) is 6. The van der Waals surface area contributed by atoms with Crippen molar-refractivity contribution in [1.29, 1.82) is 0 Å². The zero-order valence-corrected chi connectivity index (χ0v) is 14.6. The van der Waals surface area contributed by atoms with Gasteiger partial charge in [-0.1, -0.05) is 17.3 Å². The highest BCUT2D eigenvalue weighted by Gasteiger charge is 2.35. The van der Waals surface area contributed by atoms with Gasteiger partial charge in [-0.25, -0.2) is 18.2 Å². The lowest BCUT2D eigenvalue weighted by Gasteiger charge is -2.24. The van der Waals surface area contributed by atoms with Gasteiger partial charge in [-0.05, 0) is 31.8 Å². The molecule has 2 atom stereocenters. The van der Waals surface area contributed by atoms with Gasteiger partial charge in [-0.15, -0.1) is 5.10 Å². The molecule has 3 rings (SSSR count). The molecule has 2 heterocycles. The first kappa shape index (κ1) is 17.0. The monoisotopic (exact) mass is 350 g/mol. The third-order valence-electron chi connectivity index (χ3n) is 4.44. The highest BCUT2D eigenvalue weighted by molar-refractivity contribution is 7.89. The number of likely N-dealkylation sites (N-methyl/N-ethyl adjacent to an activating group) is 1. The maximum Gasteiger partial charge on any atom is 0.238 e. The van der Waals surface area contributed by atoms with Gasteiger partial charge in [0.2, 0.25) is 10.0 Å². The Hall–Kier alpha value is -1.81. The van der Waals surface area contributed by atoms with Crippen molar-refractivity contribution >= 4 is 10.0 Å². The van der Waals surface area contributed by atoms with Crippen LogP contribution in [-0.2, 0) is 16.6 Å². The molecule has 0 unspecified atom stereocenters. The third kappa shape index (κ3) is 3.64. The summed E-state index contributed by atoms with van der Waals surface area (Å²) in [5.74, 6) is 0. The Labute approximate surface area is 141 Å². The van der Waals surface area contributed by atoms with Crippen molar-refractivity contribution in [2.45, 2.75) is 23.5 Å². The van der Waals surface area contributed by atoms with Crippen LogP contribution in [0.5, 0.6) is 0 Å². The molecule has 0 aliphatic carbocycles. The molecular formula is C15H22N6O2S. The fourth-order valence-electron chi connectivity index (χ4n) is 3.18. The van der Waals surface area contributed by atoms with Crippen molar-refractivity contribution in [1.82, 2.24) is 24.8 Å². The van der Waals surface area contributed by atoms with Crippen molar-refractivity contribution < 1.29 is 8.42 Å². The van der Waals surface area contributed by atoms with Crippen LogP contribution in [0.3, 0.4) is 0 Å². The fourth-order valence-corrected chi connectivity index (χ4v) is 3.70. The first-order chi connectivity index (χ1) is 11.3. The van der Waals surface area contributed by atoms with Crippen LogP contribution in [-0.4, -0.2) is 66.4 Å². The molecule has 0 radical (unpaired) electrons. The fraction of sp³-hybridized carbons (Fsp3) is 0.467. The molecule has 1 saturated heterocycles. The Morgan fingerprint density at radius 2 is 1.96 bits per heavy atom. The molecule has 24 heavy (non-hydrogen) atoms. The maximum atomic E-state index is 11.3. The minimum absolute atomic E-state index is 0.138. The predicted octanol–water partition coefficient (Wildman–Crippen LogP) is -0.0874. The summed E-state index contributed by atoms with van der Waals surface area (Å²) < 4.78 is 24.6. The van der Waals surface area contributed by atoms with E-state index in [1.807, 2.05) is 23.0 Å². The molecule has 1 aliphatic heterocycles. The van der Waals surface area contributed by atoms with Gasteiger partial charge in [0.1, 0.15) is 0 Å². The summed E-state index contributed by atoms with van der Waals surface area (Å²) in [5, 5.41) is 13.2. The van der Waals surface area contributed by atoms with E-state index in [9.17, 15) is 8.42 Å². The molecule has 1 aliphatic rings. The second-order valence-corrected chi connectivity index (χ2v) is 7.93. The van der Waals surface area contributed by atoms with E-state index in [0.29, 0.717) is 6.04 Å². The normalized spacial score (nSPS) is 22.3. The van der Waals surface area contributed by atoms with E-state index in [1.54, 1.807) is 18.3 Å². The minimum Gasteiger partial charge on any atom is -0.303 e. The molecule has 8 nitrogen and oxygen atoms in total. The van der Waals surface area contributed by atoms with Gasteiger partial charge < -0.3 is 4.90 Å². The van der Waals surface area contributed by atoms with Gasteiger partial charge in [0, 0.05) is 31.9 Å². The van der Waals surface area contributed by atoms with E-state index in [4.69, 9.17) is 5.14 Å². The summed E-state index contributed by atoms with van der Waals surface area (Å²) in [7, 11) is 0.493. The molecule has 130 valence electrons. The quantitative estimate of drug-likeness (QED) is 0.810. The summed E-state index contributed by atoms with van der Waals surface area (Å²) in [5.41, 5.74) is 1.05. The molecule has 1 fully saturated rings. The number of benzene rings is 1. The lowest BCUT2D eigenvalue weighted by molar-refractivity contribution is 0.237. The zero-order valence-electron chi connectivity index (χ0n) is 13.8. The van der Waals surface area contributed by atoms with Crippen molar-refractivity contribution in [2.24, 2.45) is 5.14 Å². The van der Waals surface area contributed by atoms with Gasteiger partial charge in [0.15, 0.2) is 0 Å². The Morgan fingerprint density at radius 1 is 1.25 bits per heavy atom. The molecular weight excluding hydrogens is 328 g/mol. The van der Waals surface area contributed by atoms with Crippen molar-refractivity contribution in [3.05, 3.63) is 42.2 Å². The molecule has 0 bridgehead atoms. The van der Waals surface area contributed by atoms with Gasteiger partial charge in [-0.3, -0.25) is 4.90 Å². The summed E-state index contributed by atoms with van der Waals surface area (Å²) in [6, 6.07) is 7.32. The Balaban J connectivity index is 1.72. The number of primary sulfonamides is 1. The van der Waals surface area contributed by atoms with Crippen LogP contribution in [0.2, 0.25) is 0 Å². The Bertz CT molecular complexity index is 773. The summed E-state index contributed by atoms with van der Waals surface area (Å²) in [4.78, 5) is 4.68. The molecule has 0 saturated carbocycles. The van der Waals surface area contributed by atoms with E-state index in [0.717, 1.165) is 25.2 Å². The highest BCUT2D eigenvalue weighted by Crippen LogP contribution is 2.26. The topological polar surface area (TPSA) is 97.3 Å². The molecule has 0 amide bonds. The molecule has 2 N–H and O–H groups in total. The number of rotatable bonds is 5. The van der Waals surface area contributed by atoms with Crippen LogP contribution in [0.25, 0.3) is 0 Å². The number of hydrogen-bond donors (Lipinski definition) is 1. The standard InChI is InChI=1S/C15H22N6O2S/c1-19(2)14-10-20(11-15(14)21-8-7-17-18-21)9-12-3-5-13(6-4-12)24(16,22)23/h3-8,14-15H,9-11H2,1-2H3,(H2,16,22,23)/t14-,15+/m1/s1. The number of aromatic nitrogens is 3.